The van der Waals surface area contributed by atoms with E-state index in [1.807, 2.05) is 23.6 Å². The number of carbonyl (C=O) groups excluding carboxylic acids is 1. The lowest BCUT2D eigenvalue weighted by molar-refractivity contribution is 0.0169. The summed E-state index contributed by atoms with van der Waals surface area (Å²) in [6.07, 6.45) is 0. The molecule has 2 aromatic heterocycles. The Morgan fingerprint density at radius 1 is 1.19 bits per heavy atom. The van der Waals surface area contributed by atoms with E-state index in [1.165, 1.54) is 4.88 Å². The predicted molar refractivity (Wildman–Crippen MR) is 104 cm³/mol. The zero-order valence-electron chi connectivity index (χ0n) is 14.7. The highest BCUT2D eigenvalue weighted by molar-refractivity contribution is 7.10. The Balaban J connectivity index is 1.53. The van der Waals surface area contributed by atoms with Gasteiger partial charge in [0.15, 0.2) is 0 Å². The van der Waals surface area contributed by atoms with Gasteiger partial charge < -0.3 is 14.5 Å². The molecule has 1 fully saturated rings. The van der Waals surface area contributed by atoms with Crippen LogP contribution in [-0.2, 0) is 4.74 Å². The van der Waals surface area contributed by atoms with Crippen LogP contribution in [-0.4, -0.2) is 43.7 Å². The van der Waals surface area contributed by atoms with Crippen LogP contribution in [0, 0.1) is 0 Å². The first-order valence-corrected chi connectivity index (χ1v) is 9.76. The van der Waals surface area contributed by atoms with Gasteiger partial charge in [0.25, 0.3) is 5.91 Å². The van der Waals surface area contributed by atoms with Crippen molar-refractivity contribution in [2.75, 3.05) is 32.8 Å². The topological polar surface area (TPSA) is 71.8 Å². The zero-order valence-corrected chi connectivity index (χ0v) is 15.5. The second-order valence-electron chi connectivity index (χ2n) is 6.37. The van der Waals surface area contributed by atoms with Crippen molar-refractivity contribution in [3.8, 4) is 0 Å². The molecule has 3 aromatic rings. The van der Waals surface area contributed by atoms with Gasteiger partial charge in [-0.15, -0.1) is 11.3 Å². The summed E-state index contributed by atoms with van der Waals surface area (Å²) in [7, 11) is 0. The largest absolute Gasteiger partial charge is 0.422 e. The average molecular weight is 384 g/mol. The number of nitrogens with one attached hydrogen (secondary N) is 1. The van der Waals surface area contributed by atoms with E-state index in [4.69, 9.17) is 9.15 Å². The number of hydrogen-bond acceptors (Lipinski definition) is 6. The van der Waals surface area contributed by atoms with Crippen LogP contribution in [0.4, 0.5) is 0 Å². The molecule has 1 amide bonds. The second kappa shape index (κ2) is 8.04. The molecule has 6 nitrogen and oxygen atoms in total. The molecular weight excluding hydrogens is 364 g/mol. The van der Waals surface area contributed by atoms with Gasteiger partial charge in [0.05, 0.1) is 19.3 Å². The van der Waals surface area contributed by atoms with E-state index >= 15 is 0 Å². The van der Waals surface area contributed by atoms with E-state index in [2.05, 4.69) is 16.3 Å². The van der Waals surface area contributed by atoms with E-state index in [1.54, 1.807) is 29.5 Å². The van der Waals surface area contributed by atoms with E-state index in [0.717, 1.165) is 18.5 Å². The maximum Gasteiger partial charge on any atom is 0.349 e. The van der Waals surface area contributed by atoms with Crippen molar-refractivity contribution in [2.24, 2.45) is 0 Å². The summed E-state index contributed by atoms with van der Waals surface area (Å²) >= 11 is 1.66. The fourth-order valence-corrected chi connectivity index (χ4v) is 4.15. The van der Waals surface area contributed by atoms with Gasteiger partial charge in [-0.3, -0.25) is 9.69 Å². The van der Waals surface area contributed by atoms with Crippen LogP contribution in [0.5, 0.6) is 0 Å². The van der Waals surface area contributed by atoms with Crippen LogP contribution in [0.25, 0.3) is 11.0 Å². The molecule has 27 heavy (non-hydrogen) atoms. The molecule has 0 radical (unpaired) electrons. The molecule has 1 saturated heterocycles. The van der Waals surface area contributed by atoms with E-state index < -0.39 is 11.5 Å². The quantitative estimate of drug-likeness (QED) is 0.685. The monoisotopic (exact) mass is 384 g/mol. The summed E-state index contributed by atoms with van der Waals surface area (Å²) in [5, 5.41) is 5.67. The molecule has 1 N–H and O–H groups in total. The van der Waals surface area contributed by atoms with Crippen LogP contribution in [0.15, 0.2) is 57.1 Å². The molecular formula is C20H20N2O4S. The highest BCUT2D eigenvalue weighted by atomic mass is 32.1. The number of para-hydroxylation sites is 1. The smallest absolute Gasteiger partial charge is 0.349 e. The Kier molecular flexibility index (Phi) is 5.33. The number of morpholine rings is 1. The minimum atomic E-state index is -0.620. The SMILES string of the molecule is O=C(NC[C@H](c1cccs1)N1CCOCC1)c1cc2ccccc2oc1=O. The maximum atomic E-state index is 12.7. The van der Waals surface area contributed by atoms with Gasteiger partial charge in [-0.1, -0.05) is 24.3 Å². The van der Waals surface area contributed by atoms with Gasteiger partial charge in [-0.25, -0.2) is 4.79 Å². The summed E-state index contributed by atoms with van der Waals surface area (Å²) in [6, 6.07) is 12.9. The van der Waals surface area contributed by atoms with Crippen LogP contribution in [0.3, 0.4) is 0 Å². The lowest BCUT2D eigenvalue weighted by Gasteiger charge is -2.34. The molecule has 0 spiro atoms. The molecule has 0 aliphatic carbocycles. The molecule has 1 aliphatic rings. The van der Waals surface area contributed by atoms with Crippen LogP contribution in [0.1, 0.15) is 21.3 Å². The number of carbonyl (C=O) groups is 1. The van der Waals surface area contributed by atoms with Gasteiger partial charge in [-0.2, -0.15) is 0 Å². The molecule has 1 aliphatic heterocycles. The lowest BCUT2D eigenvalue weighted by Crippen LogP contribution is -2.44. The standard InChI is InChI=1S/C20H20N2O4S/c23-19(15-12-14-4-1-2-5-17(14)26-20(15)24)21-13-16(18-6-3-11-27-18)22-7-9-25-10-8-22/h1-6,11-12,16H,7-10,13H2,(H,21,23)/t16-/m1/s1. The number of fused-ring (bicyclic) bond motifs is 1. The third-order valence-corrected chi connectivity index (χ3v) is 5.67. The molecule has 1 aromatic carbocycles. The molecule has 7 heteroatoms. The molecule has 140 valence electrons. The first kappa shape index (κ1) is 17.9. The summed E-state index contributed by atoms with van der Waals surface area (Å²) in [6.45, 7) is 3.42. The summed E-state index contributed by atoms with van der Waals surface area (Å²) in [4.78, 5) is 28.3. The molecule has 0 unspecified atom stereocenters. The Morgan fingerprint density at radius 3 is 2.78 bits per heavy atom. The van der Waals surface area contributed by atoms with Crippen LogP contribution in [0.2, 0.25) is 0 Å². The summed E-state index contributed by atoms with van der Waals surface area (Å²) in [5.41, 5.74) is -0.116. The molecule has 1 atom stereocenters. The van der Waals surface area contributed by atoms with Gasteiger partial charge in [0.2, 0.25) is 0 Å². The third-order valence-electron chi connectivity index (χ3n) is 4.70. The first-order valence-electron chi connectivity index (χ1n) is 8.88. The normalized spacial score (nSPS) is 16.3. The Hall–Kier alpha value is -2.48. The van der Waals surface area contributed by atoms with E-state index in [9.17, 15) is 9.59 Å². The van der Waals surface area contributed by atoms with Gasteiger partial charge in [-0.05, 0) is 23.6 Å². The van der Waals surface area contributed by atoms with Crippen LogP contribution < -0.4 is 10.9 Å². The zero-order chi connectivity index (χ0) is 18.6. The van der Waals surface area contributed by atoms with Crippen molar-refractivity contribution in [3.05, 3.63) is 68.7 Å². The van der Waals surface area contributed by atoms with Crippen LogP contribution >= 0.6 is 11.3 Å². The fraction of sp³-hybridized carbons (Fsp3) is 0.300. The van der Waals surface area contributed by atoms with Gasteiger partial charge >= 0.3 is 5.63 Å². The van der Waals surface area contributed by atoms with Crippen molar-refractivity contribution in [1.29, 1.82) is 0 Å². The fourth-order valence-electron chi connectivity index (χ4n) is 3.28. The highest BCUT2D eigenvalue weighted by Crippen LogP contribution is 2.25. The Bertz CT molecular complexity index is 977. The second-order valence-corrected chi connectivity index (χ2v) is 7.35. The minimum Gasteiger partial charge on any atom is -0.422 e. The Labute approximate surface area is 160 Å². The maximum absolute atomic E-state index is 12.7. The number of thiophene rings is 1. The molecule has 3 heterocycles. The number of amides is 1. The summed E-state index contributed by atoms with van der Waals surface area (Å²) < 4.78 is 10.7. The van der Waals surface area contributed by atoms with E-state index in [-0.39, 0.29) is 11.6 Å². The number of hydrogen-bond donors (Lipinski definition) is 1. The number of rotatable bonds is 5. The van der Waals surface area contributed by atoms with Crippen molar-refractivity contribution in [1.82, 2.24) is 10.2 Å². The number of nitrogens with zero attached hydrogens (tertiary/aromatic N) is 1. The van der Waals surface area contributed by atoms with Crippen molar-refractivity contribution >= 4 is 28.2 Å². The third kappa shape index (κ3) is 3.95. The molecule has 0 saturated carbocycles. The average Bonchev–Trinajstić information content (AvgIpc) is 3.23. The highest BCUT2D eigenvalue weighted by Gasteiger charge is 2.24. The number of benzene rings is 1. The van der Waals surface area contributed by atoms with Gasteiger partial charge in [0.1, 0.15) is 11.1 Å². The molecule has 0 bridgehead atoms. The Morgan fingerprint density at radius 2 is 2.00 bits per heavy atom. The van der Waals surface area contributed by atoms with Crippen molar-refractivity contribution in [3.63, 3.8) is 0 Å². The van der Waals surface area contributed by atoms with E-state index in [0.29, 0.717) is 25.3 Å². The van der Waals surface area contributed by atoms with Crippen molar-refractivity contribution in [2.45, 2.75) is 6.04 Å². The lowest BCUT2D eigenvalue weighted by atomic mass is 10.1. The predicted octanol–water partition coefficient (Wildman–Crippen LogP) is 2.66. The first-order chi connectivity index (χ1) is 13.2. The summed E-state index contributed by atoms with van der Waals surface area (Å²) in [5.74, 6) is -0.413. The molecule has 4 rings (SSSR count). The minimum absolute atomic E-state index is 0.0283. The van der Waals surface area contributed by atoms with Gasteiger partial charge in [0, 0.05) is 29.9 Å². The van der Waals surface area contributed by atoms with Crippen molar-refractivity contribution < 1.29 is 13.9 Å². The number of ether oxygens (including phenoxy) is 1.